The van der Waals surface area contributed by atoms with Crippen molar-refractivity contribution in [3.63, 3.8) is 0 Å². The quantitative estimate of drug-likeness (QED) is 0.584. The maximum Gasteiger partial charge on any atom is 0.230 e. The van der Waals surface area contributed by atoms with Crippen molar-refractivity contribution in [2.24, 2.45) is 0 Å². The van der Waals surface area contributed by atoms with Gasteiger partial charge in [0.15, 0.2) is 5.82 Å². The number of aromatic nitrogens is 3. The molecule has 0 N–H and O–H groups in total. The molecule has 0 fully saturated rings. The van der Waals surface area contributed by atoms with Crippen molar-refractivity contribution in [3.8, 4) is 17.1 Å². The van der Waals surface area contributed by atoms with Crippen molar-refractivity contribution in [2.45, 2.75) is 0 Å². The van der Waals surface area contributed by atoms with Gasteiger partial charge in [-0.05, 0) is 55.6 Å². The second-order valence-electron chi connectivity index (χ2n) is 4.06. The van der Waals surface area contributed by atoms with E-state index in [1.807, 2.05) is 53.1 Å². The van der Waals surface area contributed by atoms with E-state index in [-0.39, 0.29) is 0 Å². The Hall–Kier alpha value is -1.17. The maximum absolute atomic E-state index is 6.22. The molecule has 0 amide bonds. The highest BCUT2D eigenvalue weighted by Gasteiger charge is 2.18. The van der Waals surface area contributed by atoms with Crippen molar-refractivity contribution >= 4 is 43.5 Å². The minimum absolute atomic E-state index is 0.316. The lowest BCUT2D eigenvalue weighted by Gasteiger charge is -2.12. The second kappa shape index (κ2) is 5.68. The Bertz CT molecular complexity index is 736. The first-order valence-corrected chi connectivity index (χ1v) is 7.75. The van der Waals surface area contributed by atoms with Crippen molar-refractivity contribution < 1.29 is 0 Å². The number of hydrogen-bond acceptors (Lipinski definition) is 2. The van der Waals surface area contributed by atoms with Crippen molar-refractivity contribution in [3.05, 3.63) is 62.8 Å². The first-order valence-electron chi connectivity index (χ1n) is 5.79. The van der Waals surface area contributed by atoms with Crippen molar-refractivity contribution in [1.82, 2.24) is 14.8 Å². The molecular formula is C14H8Br2ClN3. The molecule has 0 saturated carbocycles. The van der Waals surface area contributed by atoms with Crippen molar-refractivity contribution in [2.75, 3.05) is 0 Å². The highest BCUT2D eigenvalue weighted by atomic mass is 79.9. The molecule has 100 valence electrons. The molecule has 0 atom stereocenters. The van der Waals surface area contributed by atoms with Crippen LogP contribution >= 0.6 is 43.5 Å². The fourth-order valence-corrected chi connectivity index (χ4v) is 3.50. The van der Waals surface area contributed by atoms with Gasteiger partial charge in [0.05, 0.1) is 5.69 Å². The number of para-hydroxylation sites is 1. The van der Waals surface area contributed by atoms with Gasteiger partial charge in [-0.2, -0.15) is 0 Å². The van der Waals surface area contributed by atoms with E-state index >= 15 is 0 Å². The number of benzene rings is 2. The first kappa shape index (κ1) is 13.8. The van der Waals surface area contributed by atoms with Crippen LogP contribution in [0, 0.1) is 0 Å². The Morgan fingerprint density at radius 1 is 0.850 bits per heavy atom. The molecule has 1 heterocycles. The molecular weight excluding hydrogens is 405 g/mol. The van der Waals surface area contributed by atoms with Gasteiger partial charge in [0.25, 0.3) is 0 Å². The highest BCUT2D eigenvalue weighted by Crippen LogP contribution is 2.34. The minimum Gasteiger partial charge on any atom is -0.263 e. The van der Waals surface area contributed by atoms with Crippen LogP contribution in [-0.2, 0) is 0 Å². The molecule has 0 aliphatic carbocycles. The maximum atomic E-state index is 6.22. The van der Waals surface area contributed by atoms with E-state index in [0.29, 0.717) is 11.1 Å². The Morgan fingerprint density at radius 2 is 1.50 bits per heavy atom. The van der Waals surface area contributed by atoms with Gasteiger partial charge < -0.3 is 0 Å². The number of rotatable bonds is 2. The van der Waals surface area contributed by atoms with E-state index in [1.165, 1.54) is 0 Å². The van der Waals surface area contributed by atoms with Crippen LogP contribution in [0.5, 0.6) is 0 Å². The van der Waals surface area contributed by atoms with Crippen LogP contribution in [0.1, 0.15) is 0 Å². The van der Waals surface area contributed by atoms with Gasteiger partial charge in [-0.1, -0.05) is 36.4 Å². The number of halogens is 3. The molecule has 0 aliphatic heterocycles. The summed E-state index contributed by atoms with van der Waals surface area (Å²) in [7, 11) is 0. The SMILES string of the molecule is Clc1nnc(-c2ccccc2)n1-c1c(Br)cccc1Br. The van der Waals surface area contributed by atoms with E-state index < -0.39 is 0 Å². The van der Waals surface area contributed by atoms with Crippen LogP contribution < -0.4 is 0 Å². The van der Waals surface area contributed by atoms with Crippen LogP contribution in [0.25, 0.3) is 17.1 Å². The lowest BCUT2D eigenvalue weighted by atomic mass is 10.2. The lowest BCUT2D eigenvalue weighted by molar-refractivity contribution is 1.05. The number of nitrogens with zero attached hydrogens (tertiary/aromatic N) is 3. The molecule has 3 rings (SSSR count). The van der Waals surface area contributed by atoms with Gasteiger partial charge in [-0.3, -0.25) is 4.57 Å². The van der Waals surface area contributed by atoms with Crippen LogP contribution in [0.15, 0.2) is 57.5 Å². The Labute approximate surface area is 137 Å². The van der Waals surface area contributed by atoms with Crippen LogP contribution in [0.3, 0.4) is 0 Å². The van der Waals surface area contributed by atoms with Gasteiger partial charge in [-0.15, -0.1) is 10.2 Å². The van der Waals surface area contributed by atoms with E-state index in [2.05, 4.69) is 42.1 Å². The zero-order valence-electron chi connectivity index (χ0n) is 10.1. The molecule has 0 aliphatic rings. The average molecular weight is 414 g/mol. The summed E-state index contributed by atoms with van der Waals surface area (Å²) in [5.41, 5.74) is 1.83. The highest BCUT2D eigenvalue weighted by molar-refractivity contribution is 9.11. The fourth-order valence-electron chi connectivity index (χ4n) is 1.94. The summed E-state index contributed by atoms with van der Waals surface area (Å²) in [6.07, 6.45) is 0. The first-order chi connectivity index (χ1) is 9.68. The van der Waals surface area contributed by atoms with Gasteiger partial charge in [0.1, 0.15) is 0 Å². The average Bonchev–Trinajstić information content (AvgIpc) is 2.82. The predicted molar refractivity (Wildman–Crippen MR) is 87.2 cm³/mol. The summed E-state index contributed by atoms with van der Waals surface area (Å²) in [5, 5.41) is 8.49. The van der Waals surface area contributed by atoms with Crippen LogP contribution in [-0.4, -0.2) is 14.8 Å². The zero-order chi connectivity index (χ0) is 14.1. The third-order valence-corrected chi connectivity index (χ3v) is 4.34. The minimum atomic E-state index is 0.316. The Balaban J connectivity index is 2.28. The smallest absolute Gasteiger partial charge is 0.230 e. The molecule has 0 radical (unpaired) electrons. The zero-order valence-corrected chi connectivity index (χ0v) is 14.0. The Kier molecular flexibility index (Phi) is 3.92. The monoisotopic (exact) mass is 411 g/mol. The van der Waals surface area contributed by atoms with E-state index in [0.717, 1.165) is 20.2 Å². The third-order valence-electron chi connectivity index (χ3n) is 2.82. The second-order valence-corrected chi connectivity index (χ2v) is 6.11. The molecule has 0 unspecified atom stereocenters. The summed E-state index contributed by atoms with van der Waals surface area (Å²) in [4.78, 5) is 0. The Morgan fingerprint density at radius 3 is 2.15 bits per heavy atom. The normalized spacial score (nSPS) is 10.8. The molecule has 6 heteroatoms. The standard InChI is InChI=1S/C14H8Br2ClN3/c15-10-7-4-8-11(16)12(10)20-13(18-19-14(20)17)9-5-2-1-3-6-9/h1-8H. The summed E-state index contributed by atoms with van der Waals surface area (Å²) >= 11 is 13.3. The topological polar surface area (TPSA) is 30.7 Å². The molecule has 3 nitrogen and oxygen atoms in total. The number of hydrogen-bond donors (Lipinski definition) is 0. The largest absolute Gasteiger partial charge is 0.263 e. The summed E-state index contributed by atoms with van der Waals surface area (Å²) in [5.74, 6) is 0.697. The third kappa shape index (κ3) is 2.41. The molecule has 0 bridgehead atoms. The van der Waals surface area contributed by atoms with E-state index in [9.17, 15) is 0 Å². The van der Waals surface area contributed by atoms with Crippen LogP contribution in [0.4, 0.5) is 0 Å². The molecule has 1 aromatic heterocycles. The van der Waals surface area contributed by atoms with Gasteiger partial charge >= 0.3 is 0 Å². The van der Waals surface area contributed by atoms with Gasteiger partial charge in [-0.25, -0.2) is 0 Å². The van der Waals surface area contributed by atoms with Crippen LogP contribution in [0.2, 0.25) is 5.28 Å². The predicted octanol–water partition coefficient (Wildman–Crippen LogP) is 5.11. The van der Waals surface area contributed by atoms with Gasteiger partial charge in [0.2, 0.25) is 5.28 Å². The van der Waals surface area contributed by atoms with E-state index in [1.54, 1.807) is 0 Å². The fraction of sp³-hybridized carbons (Fsp3) is 0. The molecule has 2 aromatic carbocycles. The molecule has 0 saturated heterocycles. The van der Waals surface area contributed by atoms with Gasteiger partial charge in [0, 0.05) is 14.5 Å². The van der Waals surface area contributed by atoms with Crippen molar-refractivity contribution in [1.29, 1.82) is 0 Å². The summed E-state index contributed by atoms with van der Waals surface area (Å²) < 4.78 is 3.63. The molecule has 20 heavy (non-hydrogen) atoms. The lowest BCUT2D eigenvalue weighted by Crippen LogP contribution is -2.00. The summed E-state index contributed by atoms with van der Waals surface area (Å²) in [6.45, 7) is 0. The molecule has 0 spiro atoms. The summed E-state index contributed by atoms with van der Waals surface area (Å²) in [6, 6.07) is 15.7. The molecule has 3 aromatic rings. The van der Waals surface area contributed by atoms with E-state index in [4.69, 9.17) is 11.6 Å².